The predicted molar refractivity (Wildman–Crippen MR) is 105 cm³/mol. The van der Waals surface area contributed by atoms with Crippen molar-refractivity contribution in [2.45, 2.75) is 44.9 Å². The zero-order chi connectivity index (χ0) is 19.3. The monoisotopic (exact) mass is 377 g/mol. The van der Waals surface area contributed by atoms with Crippen molar-refractivity contribution in [1.82, 2.24) is 15.5 Å². The minimum atomic E-state index is -0.183. The first-order valence-corrected chi connectivity index (χ1v) is 9.55. The lowest BCUT2D eigenvalue weighted by Gasteiger charge is -2.21. The lowest BCUT2D eigenvalue weighted by Crippen LogP contribution is -2.41. The van der Waals surface area contributed by atoms with Crippen LogP contribution in [0.5, 0.6) is 0 Å². The van der Waals surface area contributed by atoms with Crippen LogP contribution in [-0.4, -0.2) is 28.2 Å². The second kappa shape index (κ2) is 8.35. The van der Waals surface area contributed by atoms with Gasteiger partial charge in [0.05, 0.1) is 24.4 Å². The van der Waals surface area contributed by atoms with E-state index in [-0.39, 0.29) is 18.1 Å². The van der Waals surface area contributed by atoms with Crippen LogP contribution in [-0.2, 0) is 11.3 Å². The number of pyridine rings is 1. The molecule has 0 bridgehead atoms. The molecule has 28 heavy (non-hydrogen) atoms. The highest BCUT2D eigenvalue weighted by Gasteiger charge is 2.31. The maximum absolute atomic E-state index is 13.0. The summed E-state index contributed by atoms with van der Waals surface area (Å²) in [4.78, 5) is 17.1. The number of hydrogen-bond donors (Lipinski definition) is 1. The van der Waals surface area contributed by atoms with E-state index in [1.54, 1.807) is 25.4 Å². The number of carbonyl (C=O) groups is 1. The lowest BCUT2D eigenvalue weighted by molar-refractivity contribution is 0.0272. The Labute approximate surface area is 163 Å². The summed E-state index contributed by atoms with van der Waals surface area (Å²) in [7, 11) is 0. The molecule has 6 nitrogen and oxygen atoms in total. The molecule has 1 aliphatic carbocycles. The van der Waals surface area contributed by atoms with E-state index in [4.69, 9.17) is 9.26 Å². The Balaban J connectivity index is 1.45. The fourth-order valence-electron chi connectivity index (χ4n) is 3.64. The van der Waals surface area contributed by atoms with Crippen LogP contribution in [0.2, 0.25) is 0 Å². The number of ether oxygens (including phenoxy) is 1. The topological polar surface area (TPSA) is 77.2 Å². The van der Waals surface area contributed by atoms with Gasteiger partial charge in [0, 0.05) is 18.0 Å². The van der Waals surface area contributed by atoms with E-state index in [0.29, 0.717) is 23.6 Å². The van der Waals surface area contributed by atoms with Gasteiger partial charge in [-0.05, 0) is 43.9 Å². The van der Waals surface area contributed by atoms with Crippen LogP contribution in [0.1, 0.15) is 40.9 Å². The van der Waals surface area contributed by atoms with Gasteiger partial charge in [0.25, 0.3) is 5.91 Å². The quantitative estimate of drug-likeness (QED) is 0.705. The Kier molecular flexibility index (Phi) is 5.48. The number of amides is 1. The molecule has 2 atom stereocenters. The van der Waals surface area contributed by atoms with Crippen molar-refractivity contribution in [3.63, 3.8) is 0 Å². The molecule has 2 aromatic heterocycles. The summed E-state index contributed by atoms with van der Waals surface area (Å²) in [5.74, 6) is 0.265. The molecule has 3 aromatic rings. The summed E-state index contributed by atoms with van der Waals surface area (Å²) in [6.07, 6.45) is 6.22. The summed E-state index contributed by atoms with van der Waals surface area (Å²) in [6, 6.07) is 13.7. The molecular weight excluding hydrogens is 354 g/mol. The third-order valence-electron chi connectivity index (χ3n) is 5.09. The third-order valence-corrected chi connectivity index (χ3v) is 5.09. The van der Waals surface area contributed by atoms with Gasteiger partial charge in [0.1, 0.15) is 5.56 Å². The van der Waals surface area contributed by atoms with Crippen LogP contribution in [0, 0.1) is 6.92 Å². The minimum Gasteiger partial charge on any atom is -0.371 e. The molecule has 1 amide bonds. The van der Waals surface area contributed by atoms with Crippen molar-refractivity contribution >= 4 is 5.91 Å². The van der Waals surface area contributed by atoms with Crippen LogP contribution in [0.3, 0.4) is 0 Å². The summed E-state index contributed by atoms with van der Waals surface area (Å²) >= 11 is 0. The predicted octanol–water partition coefficient (Wildman–Crippen LogP) is 3.91. The highest BCUT2D eigenvalue weighted by Crippen LogP contribution is 2.27. The molecule has 0 spiro atoms. The SMILES string of the molecule is Cc1noc(-c2cccnc2)c1C(=O)N[C@H]1CCC[C@@H]1OCc1ccccc1. The number of benzene rings is 1. The number of hydrogen-bond acceptors (Lipinski definition) is 5. The normalized spacial score (nSPS) is 18.9. The Hall–Kier alpha value is -2.99. The van der Waals surface area contributed by atoms with Crippen molar-refractivity contribution in [2.24, 2.45) is 0 Å². The van der Waals surface area contributed by atoms with Gasteiger partial charge in [-0.25, -0.2) is 0 Å². The van der Waals surface area contributed by atoms with Crippen LogP contribution in [0.4, 0.5) is 0 Å². The summed E-state index contributed by atoms with van der Waals surface area (Å²) < 4.78 is 11.5. The van der Waals surface area contributed by atoms with Crippen LogP contribution in [0.15, 0.2) is 59.4 Å². The second-order valence-electron chi connectivity index (χ2n) is 7.06. The van der Waals surface area contributed by atoms with Crippen LogP contribution < -0.4 is 5.32 Å². The standard InChI is InChI=1S/C22H23N3O3/c1-15-20(21(28-25-15)17-9-6-12-23-13-17)22(26)24-18-10-5-11-19(18)27-14-16-7-3-2-4-8-16/h2-4,6-9,12-13,18-19H,5,10-11,14H2,1H3,(H,24,26)/t18-,19-/m0/s1. The highest BCUT2D eigenvalue weighted by molar-refractivity contribution is 6.00. The molecule has 0 saturated heterocycles. The summed E-state index contributed by atoms with van der Waals surface area (Å²) in [5.41, 5.74) is 2.89. The molecule has 6 heteroatoms. The Morgan fingerprint density at radius 2 is 2.07 bits per heavy atom. The molecule has 0 aliphatic heterocycles. The van der Waals surface area contributed by atoms with Crippen molar-refractivity contribution < 1.29 is 14.1 Å². The number of aryl methyl sites for hydroxylation is 1. The van der Waals surface area contributed by atoms with Crippen molar-refractivity contribution in [1.29, 1.82) is 0 Å². The molecule has 1 fully saturated rings. The van der Waals surface area contributed by atoms with Crippen LogP contribution >= 0.6 is 0 Å². The van der Waals surface area contributed by atoms with Gasteiger partial charge < -0.3 is 14.6 Å². The zero-order valence-electron chi connectivity index (χ0n) is 15.8. The van der Waals surface area contributed by atoms with E-state index in [1.807, 2.05) is 36.4 Å². The van der Waals surface area contributed by atoms with Gasteiger partial charge in [0.2, 0.25) is 0 Å². The van der Waals surface area contributed by atoms with Gasteiger partial charge in [-0.2, -0.15) is 0 Å². The highest BCUT2D eigenvalue weighted by atomic mass is 16.5. The van der Waals surface area contributed by atoms with Gasteiger partial charge in [-0.1, -0.05) is 35.5 Å². The van der Waals surface area contributed by atoms with Gasteiger partial charge in [0.15, 0.2) is 5.76 Å². The fraction of sp³-hybridized carbons (Fsp3) is 0.318. The smallest absolute Gasteiger partial charge is 0.257 e. The van der Waals surface area contributed by atoms with Gasteiger partial charge in [-0.3, -0.25) is 9.78 Å². The Morgan fingerprint density at radius 1 is 1.21 bits per heavy atom. The van der Waals surface area contributed by atoms with Gasteiger partial charge in [-0.15, -0.1) is 0 Å². The summed E-state index contributed by atoms with van der Waals surface area (Å²) in [5, 5.41) is 7.12. The first kappa shape index (κ1) is 18.4. The molecule has 1 aliphatic rings. The molecule has 2 heterocycles. The van der Waals surface area contributed by atoms with E-state index >= 15 is 0 Å². The number of aromatic nitrogens is 2. The number of nitrogens with one attached hydrogen (secondary N) is 1. The lowest BCUT2D eigenvalue weighted by atomic mass is 10.1. The molecule has 0 radical (unpaired) electrons. The molecule has 4 rings (SSSR count). The van der Waals surface area contributed by atoms with E-state index in [0.717, 1.165) is 30.4 Å². The third kappa shape index (κ3) is 3.97. The first-order chi connectivity index (χ1) is 13.7. The van der Waals surface area contributed by atoms with E-state index in [9.17, 15) is 4.79 Å². The second-order valence-corrected chi connectivity index (χ2v) is 7.06. The largest absolute Gasteiger partial charge is 0.371 e. The Bertz CT molecular complexity index is 925. The Morgan fingerprint density at radius 3 is 2.86 bits per heavy atom. The molecular formula is C22H23N3O3. The molecule has 1 aromatic carbocycles. The fourth-order valence-corrected chi connectivity index (χ4v) is 3.64. The maximum atomic E-state index is 13.0. The zero-order valence-corrected chi connectivity index (χ0v) is 15.8. The maximum Gasteiger partial charge on any atom is 0.257 e. The minimum absolute atomic E-state index is 0.00571. The number of rotatable bonds is 6. The first-order valence-electron chi connectivity index (χ1n) is 9.55. The molecule has 1 N–H and O–H groups in total. The number of nitrogens with zero attached hydrogens (tertiary/aromatic N) is 2. The molecule has 1 saturated carbocycles. The average Bonchev–Trinajstić information content (AvgIpc) is 3.34. The van der Waals surface area contributed by atoms with Crippen LogP contribution in [0.25, 0.3) is 11.3 Å². The van der Waals surface area contributed by atoms with Gasteiger partial charge >= 0.3 is 0 Å². The molecule has 144 valence electrons. The van der Waals surface area contributed by atoms with Crippen molar-refractivity contribution in [3.05, 3.63) is 71.7 Å². The van der Waals surface area contributed by atoms with E-state index in [2.05, 4.69) is 15.5 Å². The molecule has 0 unspecified atom stereocenters. The van der Waals surface area contributed by atoms with E-state index < -0.39 is 0 Å². The van der Waals surface area contributed by atoms with Crippen molar-refractivity contribution in [2.75, 3.05) is 0 Å². The summed E-state index contributed by atoms with van der Waals surface area (Å²) in [6.45, 7) is 2.32. The number of carbonyl (C=O) groups excluding carboxylic acids is 1. The van der Waals surface area contributed by atoms with Crippen molar-refractivity contribution in [3.8, 4) is 11.3 Å². The van der Waals surface area contributed by atoms with E-state index in [1.165, 1.54) is 0 Å². The average molecular weight is 377 g/mol.